The molecule has 0 radical (unpaired) electrons. The predicted octanol–water partition coefficient (Wildman–Crippen LogP) is 2.60. The maximum Gasteiger partial charge on any atom is 0.253 e. The number of aryl methyl sites for hydroxylation is 2. The summed E-state index contributed by atoms with van der Waals surface area (Å²) in [4.78, 5) is 31.0. The number of likely N-dealkylation sites (tertiary alicyclic amines) is 1. The number of amides is 1. The van der Waals surface area contributed by atoms with Crippen molar-refractivity contribution in [3.8, 4) is 0 Å². The van der Waals surface area contributed by atoms with Gasteiger partial charge in [0, 0.05) is 36.0 Å². The van der Waals surface area contributed by atoms with Gasteiger partial charge in [0.05, 0.1) is 17.4 Å². The van der Waals surface area contributed by atoms with Crippen molar-refractivity contribution < 1.29 is 4.79 Å². The highest BCUT2D eigenvalue weighted by Crippen LogP contribution is 2.26. The summed E-state index contributed by atoms with van der Waals surface area (Å²) in [5.41, 5.74) is 4.40. The number of nitrogens with zero attached hydrogens (tertiary/aromatic N) is 4. The SMILES string of the molecule is Cc1cc(C)nc([C@H]2CCN(C(=O)c3ccc4nc[nH]c4c3)C2)n1. The number of imidazole rings is 1. The number of hydrogen-bond acceptors (Lipinski definition) is 4. The molecule has 4 rings (SSSR count). The molecule has 0 bridgehead atoms. The molecular formula is C18H19N5O. The average molecular weight is 321 g/mol. The zero-order valence-electron chi connectivity index (χ0n) is 13.8. The van der Waals surface area contributed by atoms with E-state index in [1.165, 1.54) is 0 Å². The Bertz CT molecular complexity index is 896. The quantitative estimate of drug-likeness (QED) is 0.787. The molecule has 6 heteroatoms. The van der Waals surface area contributed by atoms with Gasteiger partial charge >= 0.3 is 0 Å². The first kappa shape index (κ1) is 14.8. The van der Waals surface area contributed by atoms with Crippen LogP contribution in [-0.4, -0.2) is 43.8 Å². The van der Waals surface area contributed by atoms with Crippen LogP contribution in [0.15, 0.2) is 30.6 Å². The van der Waals surface area contributed by atoms with Gasteiger partial charge in [0.2, 0.25) is 0 Å². The number of rotatable bonds is 2. The minimum atomic E-state index is 0.0541. The first-order valence-electron chi connectivity index (χ1n) is 8.15. The Balaban J connectivity index is 1.54. The van der Waals surface area contributed by atoms with Gasteiger partial charge in [-0.2, -0.15) is 0 Å². The molecule has 1 N–H and O–H groups in total. The van der Waals surface area contributed by atoms with Crippen molar-refractivity contribution in [2.75, 3.05) is 13.1 Å². The highest BCUT2D eigenvalue weighted by atomic mass is 16.2. The van der Waals surface area contributed by atoms with Crippen LogP contribution in [0.5, 0.6) is 0 Å². The fourth-order valence-electron chi connectivity index (χ4n) is 3.34. The van der Waals surface area contributed by atoms with Crippen LogP contribution in [0.1, 0.15) is 39.9 Å². The number of hydrogen-bond donors (Lipinski definition) is 1. The number of aromatic amines is 1. The average Bonchev–Trinajstić information content (AvgIpc) is 3.22. The van der Waals surface area contributed by atoms with E-state index in [1.54, 1.807) is 6.33 Å². The second-order valence-electron chi connectivity index (χ2n) is 6.38. The van der Waals surface area contributed by atoms with E-state index in [-0.39, 0.29) is 11.8 Å². The van der Waals surface area contributed by atoms with Gasteiger partial charge in [-0.25, -0.2) is 15.0 Å². The van der Waals surface area contributed by atoms with Crippen molar-refractivity contribution in [2.24, 2.45) is 0 Å². The summed E-state index contributed by atoms with van der Waals surface area (Å²) < 4.78 is 0. The van der Waals surface area contributed by atoms with Crippen LogP contribution < -0.4 is 0 Å². The van der Waals surface area contributed by atoms with E-state index < -0.39 is 0 Å². The number of H-pyrrole nitrogens is 1. The van der Waals surface area contributed by atoms with Crippen molar-refractivity contribution in [3.05, 3.63) is 53.4 Å². The number of carbonyl (C=O) groups is 1. The molecule has 2 aromatic heterocycles. The van der Waals surface area contributed by atoms with Gasteiger partial charge in [0.15, 0.2) is 0 Å². The smallest absolute Gasteiger partial charge is 0.253 e. The molecule has 1 amide bonds. The van der Waals surface area contributed by atoms with Gasteiger partial charge in [-0.15, -0.1) is 0 Å². The third kappa shape index (κ3) is 2.64. The molecule has 122 valence electrons. The molecule has 0 aliphatic carbocycles. The minimum absolute atomic E-state index is 0.0541. The van der Waals surface area contributed by atoms with Gasteiger partial charge in [-0.05, 0) is 44.5 Å². The van der Waals surface area contributed by atoms with Crippen LogP contribution >= 0.6 is 0 Å². The van der Waals surface area contributed by atoms with Crippen molar-refractivity contribution in [2.45, 2.75) is 26.2 Å². The van der Waals surface area contributed by atoms with Crippen molar-refractivity contribution in [1.29, 1.82) is 0 Å². The fraction of sp³-hybridized carbons (Fsp3) is 0.333. The Hall–Kier alpha value is -2.76. The molecule has 0 saturated carbocycles. The maximum absolute atomic E-state index is 12.8. The van der Waals surface area contributed by atoms with E-state index in [2.05, 4.69) is 19.9 Å². The zero-order chi connectivity index (χ0) is 16.7. The lowest BCUT2D eigenvalue weighted by atomic mass is 10.1. The van der Waals surface area contributed by atoms with Crippen LogP contribution in [0.2, 0.25) is 0 Å². The van der Waals surface area contributed by atoms with E-state index in [9.17, 15) is 4.79 Å². The Kier molecular flexibility index (Phi) is 3.52. The lowest BCUT2D eigenvalue weighted by Gasteiger charge is -2.16. The molecule has 1 aromatic carbocycles. The molecule has 3 heterocycles. The lowest BCUT2D eigenvalue weighted by molar-refractivity contribution is 0.0790. The van der Waals surface area contributed by atoms with Crippen LogP contribution in [-0.2, 0) is 0 Å². The van der Waals surface area contributed by atoms with Crippen molar-refractivity contribution in [3.63, 3.8) is 0 Å². The molecule has 1 aliphatic rings. The Morgan fingerprint density at radius 1 is 1.21 bits per heavy atom. The first-order valence-corrected chi connectivity index (χ1v) is 8.15. The summed E-state index contributed by atoms with van der Waals surface area (Å²) in [6, 6.07) is 7.55. The molecule has 0 spiro atoms. The summed E-state index contributed by atoms with van der Waals surface area (Å²) in [5.74, 6) is 1.12. The number of benzene rings is 1. The normalized spacial score (nSPS) is 17.6. The topological polar surface area (TPSA) is 74.8 Å². The second-order valence-corrected chi connectivity index (χ2v) is 6.38. The third-order valence-electron chi connectivity index (χ3n) is 4.51. The first-order chi connectivity index (χ1) is 11.6. The monoisotopic (exact) mass is 321 g/mol. The number of carbonyl (C=O) groups excluding carboxylic acids is 1. The number of nitrogens with one attached hydrogen (secondary N) is 1. The molecule has 1 atom stereocenters. The highest BCUT2D eigenvalue weighted by Gasteiger charge is 2.30. The Morgan fingerprint density at radius 3 is 2.79 bits per heavy atom. The molecule has 6 nitrogen and oxygen atoms in total. The van der Waals surface area contributed by atoms with Crippen LogP contribution in [0, 0.1) is 13.8 Å². The minimum Gasteiger partial charge on any atom is -0.345 e. The summed E-state index contributed by atoms with van der Waals surface area (Å²) in [6.45, 7) is 5.37. The number of aromatic nitrogens is 4. The Morgan fingerprint density at radius 2 is 2.00 bits per heavy atom. The summed E-state index contributed by atoms with van der Waals surface area (Å²) >= 11 is 0. The standard InChI is InChI=1S/C18H19N5O/c1-11-7-12(2)22-17(21-11)14-5-6-23(9-14)18(24)13-3-4-15-16(8-13)20-10-19-15/h3-4,7-8,10,14H,5-6,9H2,1-2H3,(H,19,20)/t14-/m0/s1. The number of fused-ring (bicyclic) bond motifs is 1. The summed E-state index contributed by atoms with van der Waals surface area (Å²) in [7, 11) is 0. The largest absolute Gasteiger partial charge is 0.345 e. The van der Waals surface area contributed by atoms with Crippen LogP contribution in [0.3, 0.4) is 0 Å². The van der Waals surface area contributed by atoms with Crippen molar-refractivity contribution >= 4 is 16.9 Å². The highest BCUT2D eigenvalue weighted by molar-refractivity contribution is 5.97. The van der Waals surface area contributed by atoms with Gasteiger partial charge < -0.3 is 9.88 Å². The van der Waals surface area contributed by atoms with Gasteiger partial charge in [0.25, 0.3) is 5.91 Å². The van der Waals surface area contributed by atoms with Crippen LogP contribution in [0.4, 0.5) is 0 Å². The molecule has 1 aliphatic heterocycles. The Labute approximate surface area is 140 Å². The fourth-order valence-corrected chi connectivity index (χ4v) is 3.34. The van der Waals surface area contributed by atoms with Crippen molar-refractivity contribution in [1.82, 2.24) is 24.8 Å². The zero-order valence-corrected chi connectivity index (χ0v) is 13.8. The molecule has 0 unspecified atom stereocenters. The van der Waals surface area contributed by atoms with E-state index in [0.717, 1.165) is 41.2 Å². The van der Waals surface area contributed by atoms with Gasteiger partial charge in [-0.3, -0.25) is 4.79 Å². The van der Waals surface area contributed by atoms with Crippen LogP contribution in [0.25, 0.3) is 11.0 Å². The van der Waals surface area contributed by atoms with E-state index >= 15 is 0 Å². The van der Waals surface area contributed by atoms with Gasteiger partial charge in [-0.1, -0.05) is 0 Å². The second kappa shape index (κ2) is 5.70. The van der Waals surface area contributed by atoms with E-state index in [1.807, 2.05) is 43.0 Å². The lowest BCUT2D eigenvalue weighted by Crippen LogP contribution is -2.28. The van der Waals surface area contributed by atoms with E-state index in [4.69, 9.17) is 0 Å². The van der Waals surface area contributed by atoms with E-state index in [0.29, 0.717) is 12.1 Å². The summed E-state index contributed by atoms with van der Waals surface area (Å²) in [5, 5.41) is 0. The molecule has 1 fully saturated rings. The predicted molar refractivity (Wildman–Crippen MR) is 90.9 cm³/mol. The van der Waals surface area contributed by atoms with Gasteiger partial charge in [0.1, 0.15) is 5.82 Å². The molecule has 3 aromatic rings. The molecule has 1 saturated heterocycles. The molecular weight excluding hydrogens is 302 g/mol. The summed E-state index contributed by atoms with van der Waals surface area (Å²) in [6.07, 6.45) is 2.54. The maximum atomic E-state index is 12.8. The third-order valence-corrected chi connectivity index (χ3v) is 4.51. The molecule has 24 heavy (non-hydrogen) atoms.